The van der Waals surface area contributed by atoms with Crippen LogP contribution in [0.2, 0.25) is 0 Å². The van der Waals surface area contributed by atoms with Crippen molar-refractivity contribution in [3.05, 3.63) is 0 Å². The van der Waals surface area contributed by atoms with Crippen molar-refractivity contribution >= 4 is 11.9 Å². The summed E-state index contributed by atoms with van der Waals surface area (Å²) in [6.07, 6.45) is 0.567. The molecule has 1 aliphatic carbocycles. The average Bonchev–Trinajstić information content (AvgIpc) is 2.82. The summed E-state index contributed by atoms with van der Waals surface area (Å²) in [5, 5.41) is 0. The molecule has 120 valence electrons. The number of ether oxygens (including phenoxy) is 4. The van der Waals surface area contributed by atoms with Gasteiger partial charge >= 0.3 is 11.9 Å². The van der Waals surface area contributed by atoms with Crippen molar-refractivity contribution in [2.75, 3.05) is 7.11 Å². The van der Waals surface area contributed by atoms with Crippen LogP contribution in [0.15, 0.2) is 0 Å². The number of hydrogen-bond acceptors (Lipinski definition) is 6. The highest BCUT2D eigenvalue weighted by Crippen LogP contribution is 2.44. The van der Waals surface area contributed by atoms with E-state index < -0.39 is 5.79 Å². The van der Waals surface area contributed by atoms with Gasteiger partial charge in [0, 0.05) is 12.8 Å². The lowest BCUT2D eigenvalue weighted by molar-refractivity contribution is -0.181. The minimum Gasteiger partial charge on any atom is -0.469 e. The standard InChI is InChI=1S/C15H24O6/c1-8(14(17)18-5)6-10-7-11-13(12(10)19-9(2)16)21-15(3,4)20-11/h8,10-13H,6-7H2,1-5H3. The van der Waals surface area contributed by atoms with Crippen molar-refractivity contribution in [1.29, 1.82) is 0 Å². The van der Waals surface area contributed by atoms with Crippen LogP contribution < -0.4 is 0 Å². The molecule has 1 saturated heterocycles. The van der Waals surface area contributed by atoms with E-state index in [1.165, 1.54) is 14.0 Å². The van der Waals surface area contributed by atoms with E-state index in [4.69, 9.17) is 18.9 Å². The van der Waals surface area contributed by atoms with E-state index in [1.54, 1.807) is 0 Å². The maximum atomic E-state index is 11.6. The number of carbonyl (C=O) groups is 2. The lowest BCUT2D eigenvalue weighted by Crippen LogP contribution is -2.36. The van der Waals surface area contributed by atoms with Crippen molar-refractivity contribution < 1.29 is 28.5 Å². The normalized spacial score (nSPS) is 35.1. The van der Waals surface area contributed by atoms with Crippen LogP contribution in [-0.4, -0.2) is 43.1 Å². The second-order valence-electron chi connectivity index (χ2n) is 6.37. The quantitative estimate of drug-likeness (QED) is 0.735. The van der Waals surface area contributed by atoms with Gasteiger partial charge in [0.15, 0.2) is 5.79 Å². The van der Waals surface area contributed by atoms with Crippen LogP contribution in [0.3, 0.4) is 0 Å². The lowest BCUT2D eigenvalue weighted by Gasteiger charge is -2.27. The van der Waals surface area contributed by atoms with Crippen LogP contribution in [-0.2, 0) is 28.5 Å². The van der Waals surface area contributed by atoms with Crippen LogP contribution in [0.5, 0.6) is 0 Å². The summed E-state index contributed by atoms with van der Waals surface area (Å²) in [5.41, 5.74) is 0. The van der Waals surface area contributed by atoms with Crippen molar-refractivity contribution in [3.63, 3.8) is 0 Å². The second kappa shape index (κ2) is 5.93. The molecular formula is C15H24O6. The number of carbonyl (C=O) groups excluding carboxylic acids is 2. The third-order valence-corrected chi connectivity index (χ3v) is 4.11. The summed E-state index contributed by atoms with van der Waals surface area (Å²) in [6.45, 7) is 6.90. The number of hydrogen-bond donors (Lipinski definition) is 0. The highest BCUT2D eigenvalue weighted by molar-refractivity contribution is 5.71. The molecule has 0 aromatic carbocycles. The summed E-state index contributed by atoms with van der Waals surface area (Å²) in [4.78, 5) is 22.9. The van der Waals surface area contributed by atoms with E-state index in [1.807, 2.05) is 20.8 Å². The molecule has 0 aromatic rings. The summed E-state index contributed by atoms with van der Waals surface area (Å²) < 4.78 is 21.9. The zero-order valence-corrected chi connectivity index (χ0v) is 13.3. The Balaban J connectivity index is 2.08. The molecule has 0 spiro atoms. The van der Waals surface area contributed by atoms with Crippen molar-refractivity contribution in [1.82, 2.24) is 0 Å². The molecule has 5 atom stereocenters. The first kappa shape index (κ1) is 16.2. The molecule has 0 radical (unpaired) electrons. The predicted octanol–water partition coefficient (Wildman–Crippen LogP) is 1.66. The first-order chi connectivity index (χ1) is 9.73. The largest absolute Gasteiger partial charge is 0.469 e. The monoisotopic (exact) mass is 300 g/mol. The van der Waals surface area contributed by atoms with E-state index in [0.29, 0.717) is 12.8 Å². The van der Waals surface area contributed by atoms with E-state index in [0.717, 1.165) is 0 Å². The Morgan fingerprint density at radius 3 is 2.57 bits per heavy atom. The fourth-order valence-electron chi connectivity index (χ4n) is 3.36. The summed E-state index contributed by atoms with van der Waals surface area (Å²) in [5.74, 6) is -1.47. The van der Waals surface area contributed by atoms with Gasteiger partial charge in [-0.15, -0.1) is 0 Å². The third kappa shape index (κ3) is 3.55. The highest BCUT2D eigenvalue weighted by atomic mass is 16.8. The number of fused-ring (bicyclic) bond motifs is 1. The molecule has 0 N–H and O–H groups in total. The third-order valence-electron chi connectivity index (χ3n) is 4.11. The Morgan fingerprint density at radius 2 is 2.00 bits per heavy atom. The van der Waals surface area contributed by atoms with Gasteiger partial charge in [0.1, 0.15) is 12.2 Å². The predicted molar refractivity (Wildman–Crippen MR) is 73.3 cm³/mol. The molecule has 0 bridgehead atoms. The highest BCUT2D eigenvalue weighted by Gasteiger charge is 2.55. The minimum absolute atomic E-state index is 0.0362. The molecule has 2 fully saturated rings. The Hall–Kier alpha value is -1.14. The molecule has 6 heteroatoms. The van der Waals surface area contributed by atoms with Crippen molar-refractivity contribution in [2.24, 2.45) is 11.8 Å². The Morgan fingerprint density at radius 1 is 1.33 bits per heavy atom. The molecule has 21 heavy (non-hydrogen) atoms. The Labute approximate surface area is 125 Å². The SMILES string of the molecule is COC(=O)C(C)CC1CC2OC(C)(C)OC2C1OC(C)=O. The summed E-state index contributed by atoms with van der Waals surface area (Å²) >= 11 is 0. The van der Waals surface area contributed by atoms with Gasteiger partial charge in [0.2, 0.25) is 0 Å². The van der Waals surface area contributed by atoms with Gasteiger partial charge < -0.3 is 18.9 Å². The molecule has 1 saturated carbocycles. The van der Waals surface area contributed by atoms with E-state index in [-0.39, 0.29) is 42.1 Å². The minimum atomic E-state index is -0.660. The van der Waals surface area contributed by atoms with Crippen LogP contribution in [0.4, 0.5) is 0 Å². The fourth-order valence-corrected chi connectivity index (χ4v) is 3.36. The van der Waals surface area contributed by atoms with Gasteiger partial charge in [0.05, 0.1) is 19.1 Å². The number of methoxy groups -OCH3 is 1. The molecule has 6 nitrogen and oxygen atoms in total. The molecular weight excluding hydrogens is 276 g/mol. The molecule has 0 aromatic heterocycles. The van der Waals surface area contributed by atoms with Crippen molar-refractivity contribution in [3.8, 4) is 0 Å². The van der Waals surface area contributed by atoms with Gasteiger partial charge in [-0.05, 0) is 26.7 Å². The smallest absolute Gasteiger partial charge is 0.308 e. The van der Waals surface area contributed by atoms with Crippen LogP contribution >= 0.6 is 0 Å². The molecule has 2 rings (SSSR count). The fraction of sp³-hybridized carbons (Fsp3) is 0.867. The maximum Gasteiger partial charge on any atom is 0.308 e. The molecule has 2 aliphatic rings. The lowest BCUT2D eigenvalue weighted by atomic mass is 9.92. The van der Waals surface area contributed by atoms with Crippen LogP contribution in [0.25, 0.3) is 0 Å². The van der Waals surface area contributed by atoms with Gasteiger partial charge in [-0.25, -0.2) is 0 Å². The topological polar surface area (TPSA) is 71.1 Å². The summed E-state index contributed by atoms with van der Waals surface area (Å²) in [7, 11) is 1.38. The van der Waals surface area contributed by atoms with E-state index >= 15 is 0 Å². The van der Waals surface area contributed by atoms with Crippen LogP contribution in [0.1, 0.15) is 40.5 Å². The van der Waals surface area contributed by atoms with Crippen LogP contribution in [0, 0.1) is 11.8 Å². The van der Waals surface area contributed by atoms with Crippen molar-refractivity contribution in [2.45, 2.75) is 64.6 Å². The van der Waals surface area contributed by atoms with Gasteiger partial charge in [-0.2, -0.15) is 0 Å². The number of rotatable bonds is 4. The second-order valence-corrected chi connectivity index (χ2v) is 6.37. The first-order valence-corrected chi connectivity index (χ1v) is 7.34. The number of esters is 2. The molecule has 1 aliphatic heterocycles. The van der Waals surface area contributed by atoms with E-state index in [2.05, 4.69) is 0 Å². The molecule has 0 amide bonds. The van der Waals surface area contributed by atoms with Gasteiger partial charge in [-0.3, -0.25) is 9.59 Å². The Kier molecular flexibility index (Phi) is 4.58. The zero-order valence-electron chi connectivity index (χ0n) is 13.3. The average molecular weight is 300 g/mol. The zero-order chi connectivity index (χ0) is 15.8. The molecule has 1 heterocycles. The first-order valence-electron chi connectivity index (χ1n) is 7.34. The van der Waals surface area contributed by atoms with Gasteiger partial charge in [-0.1, -0.05) is 6.92 Å². The Bertz CT molecular complexity index is 418. The molecule has 5 unspecified atom stereocenters. The maximum absolute atomic E-state index is 11.6. The van der Waals surface area contributed by atoms with Gasteiger partial charge in [0.25, 0.3) is 0 Å². The van der Waals surface area contributed by atoms with E-state index in [9.17, 15) is 9.59 Å². The summed E-state index contributed by atoms with van der Waals surface area (Å²) in [6, 6.07) is 0.